The Bertz CT molecular complexity index is 1010. The van der Waals surface area contributed by atoms with Crippen LogP contribution in [0.25, 0.3) is 10.2 Å². The molecule has 2 aromatic heterocycles. The Kier molecular flexibility index (Phi) is 4.33. The summed E-state index contributed by atoms with van der Waals surface area (Å²) < 4.78 is 6.26. The molecule has 1 atom stereocenters. The van der Waals surface area contributed by atoms with Gasteiger partial charge < -0.3 is 9.52 Å². The van der Waals surface area contributed by atoms with Gasteiger partial charge in [-0.3, -0.25) is 9.80 Å². The fraction of sp³-hybridized carbons (Fsp3) is 0.312. The van der Waals surface area contributed by atoms with Gasteiger partial charge in [0.25, 0.3) is 0 Å². The van der Waals surface area contributed by atoms with Crippen LogP contribution in [-0.2, 0) is 17.6 Å². The van der Waals surface area contributed by atoms with Crippen LogP contribution in [0.3, 0.4) is 0 Å². The predicted octanol–water partition coefficient (Wildman–Crippen LogP) is 2.57. The van der Waals surface area contributed by atoms with Crippen molar-refractivity contribution in [3.8, 4) is 0 Å². The molecule has 1 aromatic carbocycles. The third-order valence-corrected chi connectivity index (χ3v) is 5.60. The highest BCUT2D eigenvalue weighted by Crippen LogP contribution is 2.36. The highest BCUT2D eigenvalue weighted by Gasteiger charge is 2.22. The van der Waals surface area contributed by atoms with E-state index in [1.54, 1.807) is 0 Å². The van der Waals surface area contributed by atoms with Crippen LogP contribution in [0.5, 0.6) is 0 Å². The molecule has 10 heteroatoms. The molecular weight excluding hydrogens is 378 g/mol. The molecular formula is C16H14ClN5O3S. The molecule has 0 fully saturated rings. The number of carboxylic acid groups (broad SMARTS) is 1. The fourth-order valence-electron chi connectivity index (χ4n) is 2.83. The number of carboxylic acids is 1. The number of halogens is 1. The van der Waals surface area contributed by atoms with Gasteiger partial charge in [0.1, 0.15) is 11.4 Å². The summed E-state index contributed by atoms with van der Waals surface area (Å²) in [5.41, 5.74) is 1.84. The van der Waals surface area contributed by atoms with Gasteiger partial charge in [-0.2, -0.15) is 5.10 Å². The summed E-state index contributed by atoms with van der Waals surface area (Å²) in [4.78, 5) is 15.3. The van der Waals surface area contributed by atoms with Crippen LogP contribution in [0, 0.1) is 0 Å². The Morgan fingerprint density at radius 2 is 2.23 bits per heavy atom. The second kappa shape index (κ2) is 6.65. The average molecular weight is 392 g/mol. The smallest absolute Gasteiger partial charge is 0.312 e. The van der Waals surface area contributed by atoms with Crippen LogP contribution in [0.4, 0.5) is 0 Å². The molecule has 1 aliphatic heterocycles. The van der Waals surface area contributed by atoms with Crippen molar-refractivity contribution in [2.24, 2.45) is 5.10 Å². The third kappa shape index (κ3) is 3.27. The van der Waals surface area contributed by atoms with Gasteiger partial charge in [-0.05, 0) is 11.6 Å². The summed E-state index contributed by atoms with van der Waals surface area (Å²) in [6.45, 7) is 0.797. The Morgan fingerprint density at radius 1 is 1.42 bits per heavy atom. The van der Waals surface area contributed by atoms with Gasteiger partial charge >= 0.3 is 5.97 Å². The highest BCUT2D eigenvalue weighted by atomic mass is 35.5. The van der Waals surface area contributed by atoms with E-state index in [0.717, 1.165) is 27.3 Å². The van der Waals surface area contributed by atoms with Gasteiger partial charge in [0, 0.05) is 25.7 Å². The molecule has 0 aliphatic carbocycles. The van der Waals surface area contributed by atoms with Crippen molar-refractivity contribution in [1.82, 2.24) is 20.2 Å². The van der Waals surface area contributed by atoms with E-state index in [0.29, 0.717) is 17.3 Å². The predicted molar refractivity (Wildman–Crippen MR) is 96.9 cm³/mol. The lowest BCUT2D eigenvalue weighted by molar-refractivity contribution is -0.136. The number of benzene rings is 1. The number of hydrogen-bond donors (Lipinski definition) is 1. The van der Waals surface area contributed by atoms with E-state index in [9.17, 15) is 4.79 Å². The highest BCUT2D eigenvalue weighted by molar-refractivity contribution is 7.19. The largest absolute Gasteiger partial charge is 0.481 e. The van der Waals surface area contributed by atoms with Crippen molar-refractivity contribution in [2.75, 3.05) is 13.6 Å². The third-order valence-electron chi connectivity index (χ3n) is 3.99. The summed E-state index contributed by atoms with van der Waals surface area (Å²) in [5.74, 6) is -0.433. The number of hydrazone groups is 1. The summed E-state index contributed by atoms with van der Waals surface area (Å²) >= 11 is 8.09. The van der Waals surface area contributed by atoms with E-state index in [1.807, 2.05) is 30.4 Å². The molecule has 3 aromatic rings. The van der Waals surface area contributed by atoms with Crippen molar-refractivity contribution < 1.29 is 14.3 Å². The minimum absolute atomic E-state index is 0.0820. The molecule has 0 saturated carbocycles. The maximum absolute atomic E-state index is 10.7. The maximum atomic E-state index is 10.7. The van der Waals surface area contributed by atoms with E-state index in [2.05, 4.69) is 20.3 Å². The molecule has 1 unspecified atom stereocenters. The molecule has 0 radical (unpaired) electrons. The fourth-order valence-corrected chi connectivity index (χ4v) is 4.24. The standard InChI is InChI=1S/C16H14ClN5O3S/c1-22-7-8(6-18-22)9-2-3-10-16(15(9)17)26-13(19-10)4-11-20-21-12(25-11)5-14(23)24/h2-3,6,8H,4-5,7H2,1H3,(H,23,24). The van der Waals surface area contributed by atoms with Crippen LogP contribution < -0.4 is 0 Å². The van der Waals surface area contributed by atoms with E-state index < -0.39 is 5.97 Å². The minimum Gasteiger partial charge on any atom is -0.481 e. The SMILES string of the molecule is CN1CC(c2ccc3nc(Cc4nnc(CC(=O)O)o4)sc3c2Cl)C=N1. The number of likely N-dealkylation sites (N-methyl/N-ethyl adjacent to an activating group) is 1. The van der Waals surface area contributed by atoms with E-state index in [-0.39, 0.29) is 18.2 Å². The van der Waals surface area contributed by atoms with Gasteiger partial charge in [-0.15, -0.1) is 21.5 Å². The number of aliphatic carboxylic acids is 1. The summed E-state index contributed by atoms with van der Waals surface area (Å²) in [5, 5.41) is 24.0. The first kappa shape index (κ1) is 16.9. The molecule has 0 amide bonds. The Balaban J connectivity index is 1.59. The number of rotatable bonds is 5. The van der Waals surface area contributed by atoms with Gasteiger partial charge in [-0.1, -0.05) is 17.7 Å². The summed E-state index contributed by atoms with van der Waals surface area (Å²) in [6, 6.07) is 3.94. The molecule has 4 rings (SSSR count). The molecule has 1 aliphatic rings. The van der Waals surface area contributed by atoms with Crippen molar-refractivity contribution in [1.29, 1.82) is 0 Å². The first-order valence-electron chi connectivity index (χ1n) is 7.85. The number of aromatic nitrogens is 3. The van der Waals surface area contributed by atoms with Gasteiger partial charge in [0.15, 0.2) is 0 Å². The Morgan fingerprint density at radius 3 is 2.96 bits per heavy atom. The number of carbonyl (C=O) groups is 1. The number of nitrogens with zero attached hydrogens (tertiary/aromatic N) is 5. The number of thiazole rings is 1. The molecule has 26 heavy (non-hydrogen) atoms. The van der Waals surface area contributed by atoms with E-state index >= 15 is 0 Å². The van der Waals surface area contributed by atoms with E-state index in [1.165, 1.54) is 11.3 Å². The van der Waals surface area contributed by atoms with Crippen LogP contribution in [-0.4, -0.2) is 51.1 Å². The summed E-state index contributed by atoms with van der Waals surface area (Å²) in [6.07, 6.45) is 1.95. The summed E-state index contributed by atoms with van der Waals surface area (Å²) in [7, 11) is 1.93. The zero-order valence-corrected chi connectivity index (χ0v) is 15.3. The van der Waals surface area contributed by atoms with Crippen LogP contribution in [0.1, 0.15) is 28.3 Å². The van der Waals surface area contributed by atoms with E-state index in [4.69, 9.17) is 21.1 Å². The van der Waals surface area contributed by atoms with Gasteiger partial charge in [0.05, 0.1) is 21.7 Å². The minimum atomic E-state index is -1.01. The number of hydrogen-bond acceptors (Lipinski definition) is 8. The van der Waals surface area contributed by atoms with Crippen molar-refractivity contribution in [3.63, 3.8) is 0 Å². The lowest BCUT2D eigenvalue weighted by atomic mass is 10.0. The quantitative estimate of drug-likeness (QED) is 0.712. The van der Waals surface area contributed by atoms with Gasteiger partial charge in [-0.25, -0.2) is 4.98 Å². The maximum Gasteiger partial charge on any atom is 0.312 e. The lowest BCUT2D eigenvalue weighted by Gasteiger charge is -2.12. The molecule has 8 nitrogen and oxygen atoms in total. The normalized spacial score (nSPS) is 16.7. The lowest BCUT2D eigenvalue weighted by Crippen LogP contribution is -2.12. The molecule has 0 saturated heterocycles. The van der Waals surface area contributed by atoms with Crippen LogP contribution in [0.15, 0.2) is 21.7 Å². The first-order chi connectivity index (χ1) is 12.5. The molecule has 1 N–H and O–H groups in total. The molecule has 0 bridgehead atoms. The second-order valence-electron chi connectivity index (χ2n) is 5.97. The van der Waals surface area contributed by atoms with Crippen molar-refractivity contribution in [2.45, 2.75) is 18.8 Å². The number of fused-ring (bicyclic) bond motifs is 1. The molecule has 3 heterocycles. The average Bonchev–Trinajstić information content (AvgIpc) is 3.28. The van der Waals surface area contributed by atoms with Crippen molar-refractivity contribution >= 4 is 45.3 Å². The first-order valence-corrected chi connectivity index (χ1v) is 9.05. The second-order valence-corrected chi connectivity index (χ2v) is 7.43. The Hall–Kier alpha value is -2.52. The van der Waals surface area contributed by atoms with Crippen LogP contribution in [0.2, 0.25) is 5.02 Å². The topological polar surface area (TPSA) is 105 Å². The zero-order valence-electron chi connectivity index (χ0n) is 13.7. The monoisotopic (exact) mass is 391 g/mol. The zero-order chi connectivity index (χ0) is 18.3. The Labute approximate surface area is 157 Å². The molecule has 0 spiro atoms. The van der Waals surface area contributed by atoms with Crippen molar-refractivity contribution in [3.05, 3.63) is 39.5 Å². The molecule has 134 valence electrons. The van der Waals surface area contributed by atoms with Gasteiger partial charge in [0.2, 0.25) is 11.8 Å². The van der Waals surface area contributed by atoms with Crippen LogP contribution >= 0.6 is 22.9 Å².